The Labute approximate surface area is 152 Å². The van der Waals surface area contributed by atoms with E-state index in [2.05, 4.69) is 25.5 Å². The molecule has 1 saturated carbocycles. The Hall–Kier alpha value is -3.43. The summed E-state index contributed by atoms with van der Waals surface area (Å²) in [5, 5.41) is 17.1. The van der Waals surface area contributed by atoms with E-state index in [0.29, 0.717) is 28.4 Å². The minimum Gasteiger partial charge on any atom is -0.294 e. The van der Waals surface area contributed by atoms with Crippen LogP contribution >= 0.6 is 0 Å². The van der Waals surface area contributed by atoms with Gasteiger partial charge in [-0.1, -0.05) is 5.21 Å². The Balaban J connectivity index is 1.63. The third-order valence-corrected chi connectivity index (χ3v) is 4.85. The van der Waals surface area contributed by atoms with E-state index in [4.69, 9.17) is 0 Å². The van der Waals surface area contributed by atoms with Crippen molar-refractivity contribution in [3.05, 3.63) is 51.6 Å². The van der Waals surface area contributed by atoms with Crippen LogP contribution < -0.4 is 11.1 Å². The van der Waals surface area contributed by atoms with E-state index in [1.165, 1.54) is 20.4 Å². The molecule has 0 N–H and O–H groups in total. The van der Waals surface area contributed by atoms with Crippen molar-refractivity contribution in [1.82, 2.24) is 39.5 Å². The number of hydrogen-bond acceptors (Lipinski definition) is 7. The number of nitrogens with zero attached hydrogens (tertiary/aromatic N) is 8. The molecule has 1 atom stereocenters. The smallest absolute Gasteiger partial charge is 0.277 e. The number of benzene rings is 1. The van der Waals surface area contributed by atoms with Crippen molar-refractivity contribution < 1.29 is 0 Å². The van der Waals surface area contributed by atoms with Gasteiger partial charge in [-0.3, -0.25) is 14.2 Å². The van der Waals surface area contributed by atoms with Crippen molar-refractivity contribution in [2.75, 3.05) is 0 Å². The second kappa shape index (κ2) is 5.79. The van der Waals surface area contributed by atoms with Gasteiger partial charge in [0.2, 0.25) is 0 Å². The van der Waals surface area contributed by atoms with Crippen molar-refractivity contribution in [1.29, 1.82) is 0 Å². The van der Waals surface area contributed by atoms with E-state index < -0.39 is 0 Å². The molecule has 0 saturated heterocycles. The van der Waals surface area contributed by atoms with E-state index in [9.17, 15) is 9.59 Å². The molecule has 1 aromatic carbocycles. The number of aromatic nitrogens is 8. The Kier molecular flexibility index (Phi) is 3.39. The first-order valence-corrected chi connectivity index (χ1v) is 8.76. The largest absolute Gasteiger partial charge is 0.294 e. The second-order valence-corrected chi connectivity index (χ2v) is 6.85. The molecule has 10 nitrogen and oxygen atoms in total. The molecule has 1 fully saturated rings. The van der Waals surface area contributed by atoms with E-state index in [1.807, 2.05) is 6.92 Å². The maximum atomic E-state index is 13.0. The molecule has 4 aromatic rings. The summed E-state index contributed by atoms with van der Waals surface area (Å²) in [5.41, 5.74) is 0.492. The summed E-state index contributed by atoms with van der Waals surface area (Å²) in [6.45, 7) is 2.34. The highest BCUT2D eigenvalue weighted by atomic mass is 16.1. The lowest BCUT2D eigenvalue weighted by Gasteiger charge is -2.14. The van der Waals surface area contributed by atoms with Gasteiger partial charge in [0.05, 0.1) is 53.6 Å². The van der Waals surface area contributed by atoms with Gasteiger partial charge in [0, 0.05) is 0 Å². The van der Waals surface area contributed by atoms with Crippen LogP contribution in [-0.2, 0) is 6.54 Å². The van der Waals surface area contributed by atoms with E-state index in [1.54, 1.807) is 24.5 Å². The van der Waals surface area contributed by atoms with Gasteiger partial charge in [-0.15, -0.1) is 5.10 Å². The maximum absolute atomic E-state index is 13.0. The van der Waals surface area contributed by atoms with Crippen LogP contribution in [0.15, 0.2) is 40.4 Å². The monoisotopic (exact) mass is 364 g/mol. The average Bonchev–Trinajstić information content (AvgIpc) is 3.38. The molecule has 0 spiro atoms. The molecule has 1 aliphatic carbocycles. The van der Waals surface area contributed by atoms with Crippen molar-refractivity contribution in [3.8, 4) is 0 Å². The van der Waals surface area contributed by atoms with Gasteiger partial charge in [-0.05, 0) is 31.9 Å². The molecular formula is C17H16N8O2. The minimum atomic E-state index is -0.199. The molecule has 1 aliphatic rings. The summed E-state index contributed by atoms with van der Waals surface area (Å²) in [6, 6.07) is 3.18. The lowest BCUT2D eigenvalue weighted by atomic mass is 10.1. The first kappa shape index (κ1) is 15.8. The molecule has 0 aliphatic heterocycles. The van der Waals surface area contributed by atoms with Gasteiger partial charge in [0.1, 0.15) is 5.52 Å². The Morgan fingerprint density at radius 3 is 2.52 bits per heavy atom. The predicted octanol–water partition coefficient (Wildman–Crippen LogP) is 0.689. The van der Waals surface area contributed by atoms with E-state index >= 15 is 0 Å². The van der Waals surface area contributed by atoms with Crippen LogP contribution in [0.5, 0.6) is 0 Å². The predicted molar refractivity (Wildman–Crippen MR) is 96.4 cm³/mol. The normalized spacial score (nSPS) is 15.4. The van der Waals surface area contributed by atoms with Crippen LogP contribution in [0.2, 0.25) is 0 Å². The van der Waals surface area contributed by atoms with Crippen LogP contribution in [0.4, 0.5) is 0 Å². The molecule has 27 heavy (non-hydrogen) atoms. The fourth-order valence-electron chi connectivity index (χ4n) is 3.22. The summed E-state index contributed by atoms with van der Waals surface area (Å²) >= 11 is 0. The molecule has 0 amide bonds. The third kappa shape index (κ3) is 2.60. The maximum Gasteiger partial charge on any atom is 0.277 e. The number of fused-ring (bicyclic) bond motifs is 2. The highest BCUT2D eigenvalue weighted by molar-refractivity contribution is 5.93. The Morgan fingerprint density at radius 1 is 1.07 bits per heavy atom. The van der Waals surface area contributed by atoms with Gasteiger partial charge in [-0.2, -0.15) is 15.0 Å². The Morgan fingerprint density at radius 2 is 1.78 bits per heavy atom. The lowest BCUT2D eigenvalue weighted by Crippen LogP contribution is -2.27. The van der Waals surface area contributed by atoms with Crippen molar-refractivity contribution in [3.63, 3.8) is 0 Å². The van der Waals surface area contributed by atoms with Gasteiger partial charge >= 0.3 is 0 Å². The average molecular weight is 364 g/mol. The zero-order valence-corrected chi connectivity index (χ0v) is 14.6. The van der Waals surface area contributed by atoms with Gasteiger partial charge in [-0.25, -0.2) is 9.67 Å². The molecule has 5 rings (SSSR count). The lowest BCUT2D eigenvalue weighted by molar-refractivity contribution is 0.395. The number of rotatable bonds is 4. The molecule has 10 heteroatoms. The topological polar surface area (TPSA) is 113 Å². The number of hydrogen-bond donors (Lipinski definition) is 0. The zero-order chi connectivity index (χ0) is 18.5. The van der Waals surface area contributed by atoms with E-state index in [0.717, 1.165) is 12.8 Å². The molecule has 3 heterocycles. The molecule has 0 unspecified atom stereocenters. The van der Waals surface area contributed by atoms with Crippen LogP contribution in [-0.4, -0.2) is 39.5 Å². The fraction of sp³-hybridized carbons (Fsp3) is 0.353. The highest BCUT2D eigenvalue weighted by Gasteiger charge is 2.27. The minimum absolute atomic E-state index is 0.141. The van der Waals surface area contributed by atoms with Crippen molar-refractivity contribution >= 4 is 21.8 Å². The first-order chi connectivity index (χ1) is 13.1. The molecular weight excluding hydrogens is 348 g/mol. The van der Waals surface area contributed by atoms with Crippen molar-refractivity contribution in [2.45, 2.75) is 38.4 Å². The van der Waals surface area contributed by atoms with Crippen LogP contribution in [0.25, 0.3) is 21.8 Å². The third-order valence-electron chi connectivity index (χ3n) is 4.85. The molecule has 0 bridgehead atoms. The van der Waals surface area contributed by atoms with Crippen LogP contribution in [0.1, 0.15) is 31.8 Å². The SMILES string of the molecule is C[C@H](Cn1nccn1)n1cnc2cc3c(=O)n(C4CC4)nnc3cc2c1=O. The summed E-state index contributed by atoms with van der Waals surface area (Å²) < 4.78 is 2.96. The molecule has 0 radical (unpaired) electrons. The Bertz CT molecular complexity index is 1270. The van der Waals surface area contributed by atoms with Crippen LogP contribution in [0.3, 0.4) is 0 Å². The fourth-order valence-corrected chi connectivity index (χ4v) is 3.22. The molecule has 3 aromatic heterocycles. The quantitative estimate of drug-likeness (QED) is 0.489. The summed E-state index contributed by atoms with van der Waals surface area (Å²) in [5.74, 6) is 0. The van der Waals surface area contributed by atoms with Gasteiger partial charge < -0.3 is 0 Å². The van der Waals surface area contributed by atoms with Gasteiger partial charge in [0.15, 0.2) is 0 Å². The summed E-state index contributed by atoms with van der Waals surface area (Å²) in [4.78, 5) is 31.5. The first-order valence-electron chi connectivity index (χ1n) is 8.76. The van der Waals surface area contributed by atoms with Crippen LogP contribution in [0, 0.1) is 0 Å². The zero-order valence-electron chi connectivity index (χ0n) is 14.6. The standard InChI is InChI=1S/C17H16N8O2/c1-10(8-24-19-4-5-20-24)23-9-18-14-6-13-15(7-12(14)16(23)26)21-22-25(17(13)27)11-2-3-11/h4-7,9-11H,2-3,8H2,1H3/t10-/m1/s1. The second-order valence-electron chi connectivity index (χ2n) is 6.85. The summed E-state index contributed by atoms with van der Waals surface area (Å²) in [6.07, 6.45) is 6.57. The highest BCUT2D eigenvalue weighted by Crippen LogP contribution is 2.32. The molecule has 136 valence electrons. The van der Waals surface area contributed by atoms with Gasteiger partial charge in [0.25, 0.3) is 11.1 Å². The summed E-state index contributed by atoms with van der Waals surface area (Å²) in [7, 11) is 0. The van der Waals surface area contributed by atoms with E-state index in [-0.39, 0.29) is 23.2 Å². The van der Waals surface area contributed by atoms with Crippen molar-refractivity contribution in [2.24, 2.45) is 0 Å².